The van der Waals surface area contributed by atoms with E-state index in [1.165, 1.54) is 11.0 Å². The van der Waals surface area contributed by atoms with E-state index in [9.17, 15) is 9.59 Å². The summed E-state index contributed by atoms with van der Waals surface area (Å²) in [5.41, 5.74) is 1.43. The molecule has 0 aliphatic heterocycles. The van der Waals surface area contributed by atoms with Crippen LogP contribution in [0.4, 0.5) is 5.69 Å². The monoisotopic (exact) mass is 385 g/mol. The van der Waals surface area contributed by atoms with E-state index >= 15 is 0 Å². The predicted octanol–water partition coefficient (Wildman–Crippen LogP) is 2.29. The average molecular weight is 386 g/mol. The van der Waals surface area contributed by atoms with Gasteiger partial charge < -0.3 is 10.1 Å². The predicted molar refractivity (Wildman–Crippen MR) is 98.0 cm³/mol. The third kappa shape index (κ3) is 5.35. The summed E-state index contributed by atoms with van der Waals surface area (Å²) in [6.45, 7) is -0.432. The molecule has 1 heterocycles. The molecule has 27 heavy (non-hydrogen) atoms. The molecule has 9 heteroatoms. The SMILES string of the molecule is O=C(COC(=O)[C@H](Cc1ccccc1)n1cnnn1)Nc1cccc(Cl)c1. The first-order chi connectivity index (χ1) is 13.1. The van der Waals surface area contributed by atoms with Crippen LogP contribution in [0.2, 0.25) is 5.02 Å². The quantitative estimate of drug-likeness (QED) is 0.626. The van der Waals surface area contributed by atoms with Crippen molar-refractivity contribution >= 4 is 29.2 Å². The summed E-state index contributed by atoms with van der Waals surface area (Å²) in [4.78, 5) is 24.5. The van der Waals surface area contributed by atoms with Gasteiger partial charge in [-0.1, -0.05) is 48.0 Å². The first-order valence-corrected chi connectivity index (χ1v) is 8.48. The number of esters is 1. The summed E-state index contributed by atoms with van der Waals surface area (Å²) in [7, 11) is 0. The number of nitrogens with zero attached hydrogens (tertiary/aromatic N) is 4. The van der Waals surface area contributed by atoms with Crippen LogP contribution in [0, 0.1) is 0 Å². The standard InChI is InChI=1S/C18H16ClN5O3/c19-14-7-4-8-15(10-14)21-17(25)11-27-18(26)16(24-12-20-22-23-24)9-13-5-2-1-3-6-13/h1-8,10,12,16H,9,11H2,(H,21,25)/t16-/m0/s1. The Morgan fingerprint density at radius 3 is 2.67 bits per heavy atom. The Labute approximate surface area is 160 Å². The second-order valence-corrected chi connectivity index (χ2v) is 6.10. The number of benzene rings is 2. The van der Waals surface area contributed by atoms with Gasteiger partial charge in [-0.05, 0) is 34.2 Å². The molecule has 138 valence electrons. The summed E-state index contributed by atoms with van der Waals surface area (Å²) in [6, 6.07) is 15.3. The minimum Gasteiger partial charge on any atom is -0.454 e. The van der Waals surface area contributed by atoms with Crippen molar-refractivity contribution < 1.29 is 14.3 Å². The third-order valence-corrected chi connectivity index (χ3v) is 3.92. The van der Waals surface area contributed by atoms with Crippen LogP contribution in [0.25, 0.3) is 0 Å². The Hall–Kier alpha value is -3.26. The molecule has 3 rings (SSSR count). The van der Waals surface area contributed by atoms with Gasteiger partial charge in [-0.2, -0.15) is 0 Å². The molecule has 8 nitrogen and oxygen atoms in total. The number of amides is 1. The maximum Gasteiger partial charge on any atom is 0.331 e. The number of carbonyl (C=O) groups is 2. The summed E-state index contributed by atoms with van der Waals surface area (Å²) in [5, 5.41) is 14.0. The van der Waals surface area contributed by atoms with Crippen molar-refractivity contribution in [2.24, 2.45) is 0 Å². The Morgan fingerprint density at radius 1 is 1.15 bits per heavy atom. The van der Waals surface area contributed by atoms with Gasteiger partial charge in [0, 0.05) is 17.1 Å². The highest BCUT2D eigenvalue weighted by Gasteiger charge is 2.24. The molecule has 0 saturated carbocycles. The molecule has 0 unspecified atom stereocenters. The lowest BCUT2D eigenvalue weighted by molar-refractivity contribution is -0.151. The first-order valence-electron chi connectivity index (χ1n) is 8.10. The zero-order valence-corrected chi connectivity index (χ0v) is 14.9. The molecule has 0 saturated heterocycles. The fourth-order valence-corrected chi connectivity index (χ4v) is 2.62. The van der Waals surface area contributed by atoms with Crippen molar-refractivity contribution in [3.8, 4) is 0 Å². The molecular formula is C18H16ClN5O3. The Morgan fingerprint density at radius 2 is 1.96 bits per heavy atom. The number of ether oxygens (including phenoxy) is 1. The number of tetrazole rings is 1. The number of anilines is 1. The van der Waals surface area contributed by atoms with Crippen molar-refractivity contribution in [1.29, 1.82) is 0 Å². The molecule has 2 aromatic carbocycles. The maximum absolute atomic E-state index is 12.5. The highest BCUT2D eigenvalue weighted by molar-refractivity contribution is 6.30. The van der Waals surface area contributed by atoms with Crippen LogP contribution in [0.1, 0.15) is 11.6 Å². The second kappa shape index (κ2) is 8.91. The van der Waals surface area contributed by atoms with Gasteiger partial charge in [-0.25, -0.2) is 9.48 Å². The number of nitrogens with one attached hydrogen (secondary N) is 1. The van der Waals surface area contributed by atoms with Gasteiger partial charge in [0.05, 0.1) is 0 Å². The van der Waals surface area contributed by atoms with E-state index in [-0.39, 0.29) is 0 Å². The lowest BCUT2D eigenvalue weighted by Gasteiger charge is -2.15. The number of carbonyl (C=O) groups excluding carboxylic acids is 2. The minimum atomic E-state index is -0.777. The lowest BCUT2D eigenvalue weighted by Crippen LogP contribution is -2.28. The normalized spacial score (nSPS) is 11.6. The van der Waals surface area contributed by atoms with E-state index in [0.29, 0.717) is 17.1 Å². The number of rotatable bonds is 7. The highest BCUT2D eigenvalue weighted by Crippen LogP contribution is 2.16. The molecule has 0 fully saturated rings. The molecule has 0 aliphatic rings. The van der Waals surface area contributed by atoms with Crippen LogP contribution >= 0.6 is 11.6 Å². The zero-order valence-electron chi connectivity index (χ0n) is 14.2. The van der Waals surface area contributed by atoms with E-state index in [1.54, 1.807) is 24.3 Å². The molecule has 0 radical (unpaired) electrons. The van der Waals surface area contributed by atoms with Crippen molar-refractivity contribution in [2.45, 2.75) is 12.5 Å². The van der Waals surface area contributed by atoms with Crippen LogP contribution in [-0.2, 0) is 20.7 Å². The molecule has 1 amide bonds. The van der Waals surface area contributed by atoms with E-state index in [2.05, 4.69) is 20.8 Å². The van der Waals surface area contributed by atoms with Crippen LogP contribution < -0.4 is 5.32 Å². The highest BCUT2D eigenvalue weighted by atomic mass is 35.5. The van der Waals surface area contributed by atoms with E-state index in [1.807, 2.05) is 30.3 Å². The van der Waals surface area contributed by atoms with Gasteiger partial charge in [-0.15, -0.1) is 5.10 Å². The number of halogens is 1. The van der Waals surface area contributed by atoms with Gasteiger partial charge in [-0.3, -0.25) is 4.79 Å². The molecule has 1 aromatic heterocycles. The van der Waals surface area contributed by atoms with Crippen molar-refractivity contribution in [3.63, 3.8) is 0 Å². The summed E-state index contributed by atoms with van der Waals surface area (Å²) < 4.78 is 6.47. The van der Waals surface area contributed by atoms with Crippen LogP contribution in [0.3, 0.4) is 0 Å². The molecule has 0 spiro atoms. The number of hydrogen-bond donors (Lipinski definition) is 1. The smallest absolute Gasteiger partial charge is 0.331 e. The van der Waals surface area contributed by atoms with Gasteiger partial charge in [0.25, 0.3) is 5.91 Å². The van der Waals surface area contributed by atoms with Crippen LogP contribution in [0.5, 0.6) is 0 Å². The Bertz CT molecular complexity index is 902. The Balaban J connectivity index is 1.61. The largest absolute Gasteiger partial charge is 0.454 e. The molecule has 1 N–H and O–H groups in total. The summed E-state index contributed by atoms with van der Waals surface area (Å²) in [6.07, 6.45) is 1.67. The number of hydrogen-bond acceptors (Lipinski definition) is 6. The van der Waals surface area contributed by atoms with Gasteiger partial charge >= 0.3 is 5.97 Å². The lowest BCUT2D eigenvalue weighted by atomic mass is 10.1. The topological polar surface area (TPSA) is 99.0 Å². The van der Waals surface area contributed by atoms with Crippen molar-refractivity contribution in [3.05, 3.63) is 71.5 Å². The molecule has 0 bridgehead atoms. The molecule has 3 aromatic rings. The number of aromatic nitrogens is 4. The van der Waals surface area contributed by atoms with Crippen molar-refractivity contribution in [2.75, 3.05) is 11.9 Å². The molecular weight excluding hydrogens is 370 g/mol. The Kier molecular flexibility index (Phi) is 6.11. The fraction of sp³-hybridized carbons (Fsp3) is 0.167. The van der Waals surface area contributed by atoms with Gasteiger partial charge in [0.1, 0.15) is 6.33 Å². The third-order valence-electron chi connectivity index (χ3n) is 3.68. The summed E-state index contributed by atoms with van der Waals surface area (Å²) >= 11 is 5.87. The van der Waals surface area contributed by atoms with Gasteiger partial charge in [0.2, 0.25) is 0 Å². The van der Waals surface area contributed by atoms with Crippen LogP contribution in [0.15, 0.2) is 60.9 Å². The first kappa shape index (κ1) is 18.5. The van der Waals surface area contributed by atoms with Crippen LogP contribution in [-0.4, -0.2) is 38.7 Å². The van der Waals surface area contributed by atoms with E-state index in [4.69, 9.17) is 16.3 Å². The minimum absolute atomic E-state index is 0.334. The van der Waals surface area contributed by atoms with E-state index in [0.717, 1.165) is 5.56 Å². The zero-order chi connectivity index (χ0) is 19.1. The van der Waals surface area contributed by atoms with Gasteiger partial charge in [0.15, 0.2) is 12.6 Å². The molecule has 1 atom stereocenters. The molecule has 0 aliphatic carbocycles. The van der Waals surface area contributed by atoms with E-state index < -0.39 is 24.5 Å². The fourth-order valence-electron chi connectivity index (χ4n) is 2.43. The average Bonchev–Trinajstić information content (AvgIpc) is 3.19. The summed E-state index contributed by atoms with van der Waals surface area (Å²) in [5.74, 6) is -1.08. The second-order valence-electron chi connectivity index (χ2n) is 5.66. The maximum atomic E-state index is 12.5. The van der Waals surface area contributed by atoms with Crippen molar-refractivity contribution in [1.82, 2.24) is 20.2 Å².